The molecule has 0 saturated heterocycles. The lowest BCUT2D eigenvalue weighted by Gasteiger charge is -2.01. The van der Waals surface area contributed by atoms with Gasteiger partial charge in [-0.2, -0.15) is 8.78 Å². The van der Waals surface area contributed by atoms with Crippen molar-refractivity contribution in [3.05, 3.63) is 35.9 Å². The van der Waals surface area contributed by atoms with Crippen molar-refractivity contribution in [3.8, 4) is 5.75 Å². The molecule has 13 heavy (non-hydrogen) atoms. The summed E-state index contributed by atoms with van der Waals surface area (Å²) in [4.78, 5) is 0. The summed E-state index contributed by atoms with van der Waals surface area (Å²) < 4.78 is 28.9. The van der Waals surface area contributed by atoms with Gasteiger partial charge in [-0.25, -0.2) is 0 Å². The molecule has 1 nitrogen and oxygen atoms in total. The Morgan fingerprint density at radius 1 is 1.23 bits per heavy atom. The molecule has 0 bridgehead atoms. The number of methoxy groups -OCH3 is 1. The maximum absolute atomic E-state index is 12.1. The minimum Gasteiger partial charge on any atom is -0.497 e. The molecule has 0 N–H and O–H groups in total. The standard InChI is InChI=1S/C9H7BrF2O/c1-13-7-4-2-6(3-5-7)8(10)9(11)12/h2-5H,1H3. The van der Waals surface area contributed by atoms with Crippen LogP contribution in [0.3, 0.4) is 0 Å². The Kier molecular flexibility index (Phi) is 3.42. The van der Waals surface area contributed by atoms with Crippen LogP contribution in [0.5, 0.6) is 5.75 Å². The second-order valence-corrected chi connectivity index (χ2v) is 3.10. The molecule has 0 fully saturated rings. The fraction of sp³-hybridized carbons (Fsp3) is 0.111. The highest BCUT2D eigenvalue weighted by Gasteiger charge is 2.04. The van der Waals surface area contributed by atoms with Crippen LogP contribution >= 0.6 is 15.9 Å². The average Bonchev–Trinajstić information content (AvgIpc) is 2.17. The van der Waals surface area contributed by atoms with Crippen molar-refractivity contribution in [3.63, 3.8) is 0 Å². The molecule has 0 heterocycles. The molecule has 0 unspecified atom stereocenters. The normalized spacial score (nSPS) is 9.54. The summed E-state index contributed by atoms with van der Waals surface area (Å²) in [5, 5.41) is 0. The number of rotatable bonds is 2. The van der Waals surface area contributed by atoms with Crippen molar-refractivity contribution in [2.75, 3.05) is 7.11 Å². The second-order valence-electron chi connectivity index (χ2n) is 2.30. The van der Waals surface area contributed by atoms with Gasteiger partial charge in [0.1, 0.15) is 5.75 Å². The molecule has 1 aromatic carbocycles. The third kappa shape index (κ3) is 2.52. The van der Waals surface area contributed by atoms with Gasteiger partial charge < -0.3 is 4.74 Å². The van der Waals surface area contributed by atoms with Crippen molar-refractivity contribution < 1.29 is 13.5 Å². The summed E-state index contributed by atoms with van der Waals surface area (Å²) in [5.41, 5.74) is 0.431. The Balaban J connectivity index is 2.99. The van der Waals surface area contributed by atoms with Gasteiger partial charge in [0, 0.05) is 0 Å². The van der Waals surface area contributed by atoms with Crippen LogP contribution in [-0.4, -0.2) is 7.11 Å². The molecule has 70 valence electrons. The van der Waals surface area contributed by atoms with Gasteiger partial charge in [0.15, 0.2) is 0 Å². The summed E-state index contributed by atoms with van der Waals surface area (Å²) >= 11 is 2.79. The van der Waals surface area contributed by atoms with Gasteiger partial charge >= 0.3 is 0 Å². The third-order valence-electron chi connectivity index (χ3n) is 1.51. The van der Waals surface area contributed by atoms with Gasteiger partial charge in [-0.3, -0.25) is 0 Å². The highest BCUT2D eigenvalue weighted by molar-refractivity contribution is 9.15. The molecule has 0 aliphatic carbocycles. The maximum Gasteiger partial charge on any atom is 0.284 e. The quantitative estimate of drug-likeness (QED) is 0.777. The van der Waals surface area contributed by atoms with Gasteiger partial charge in [0.2, 0.25) is 0 Å². The fourth-order valence-electron chi connectivity index (χ4n) is 0.846. The zero-order valence-corrected chi connectivity index (χ0v) is 8.44. The van der Waals surface area contributed by atoms with Gasteiger partial charge in [-0.15, -0.1) is 0 Å². The van der Waals surface area contributed by atoms with Crippen LogP contribution in [0.1, 0.15) is 5.56 Å². The van der Waals surface area contributed by atoms with Crippen LogP contribution in [0.2, 0.25) is 0 Å². The van der Waals surface area contributed by atoms with Crippen LogP contribution in [0, 0.1) is 0 Å². The Morgan fingerprint density at radius 3 is 2.15 bits per heavy atom. The van der Waals surface area contributed by atoms with Crippen molar-refractivity contribution in [1.82, 2.24) is 0 Å². The zero-order chi connectivity index (χ0) is 9.84. The zero-order valence-electron chi connectivity index (χ0n) is 6.85. The molecule has 0 aliphatic heterocycles. The van der Waals surface area contributed by atoms with Crippen LogP contribution in [0.25, 0.3) is 4.48 Å². The van der Waals surface area contributed by atoms with E-state index < -0.39 is 6.08 Å². The minimum absolute atomic E-state index is 0.185. The molecule has 4 heteroatoms. The monoisotopic (exact) mass is 248 g/mol. The van der Waals surface area contributed by atoms with E-state index in [0.717, 1.165) is 0 Å². The van der Waals surface area contributed by atoms with Crippen LogP contribution in [0.4, 0.5) is 8.78 Å². The Hall–Kier alpha value is -0.900. The number of halogens is 3. The van der Waals surface area contributed by atoms with E-state index in [1.54, 1.807) is 24.3 Å². The molecule has 0 spiro atoms. The predicted octanol–water partition coefficient (Wildman–Crippen LogP) is 3.66. The largest absolute Gasteiger partial charge is 0.497 e. The van der Waals surface area contributed by atoms with E-state index in [2.05, 4.69) is 15.9 Å². The summed E-state index contributed by atoms with van der Waals surface area (Å²) in [6.07, 6.45) is -1.73. The van der Waals surface area contributed by atoms with E-state index in [9.17, 15) is 8.78 Å². The van der Waals surface area contributed by atoms with E-state index in [4.69, 9.17) is 4.74 Å². The highest BCUT2D eigenvalue weighted by atomic mass is 79.9. The van der Waals surface area contributed by atoms with Crippen molar-refractivity contribution in [2.45, 2.75) is 0 Å². The van der Waals surface area contributed by atoms with E-state index in [0.29, 0.717) is 11.3 Å². The molecule has 0 aromatic heterocycles. The summed E-state index contributed by atoms with van der Waals surface area (Å²) in [7, 11) is 1.52. The maximum atomic E-state index is 12.1. The van der Waals surface area contributed by atoms with E-state index in [-0.39, 0.29) is 4.48 Å². The van der Waals surface area contributed by atoms with Crippen LogP contribution in [-0.2, 0) is 0 Å². The van der Waals surface area contributed by atoms with E-state index in [1.165, 1.54) is 7.11 Å². The minimum atomic E-state index is -1.73. The first kappa shape index (κ1) is 10.2. The van der Waals surface area contributed by atoms with Crippen LogP contribution in [0.15, 0.2) is 30.3 Å². The molecule has 0 saturated carbocycles. The molecule has 0 radical (unpaired) electrons. The first-order valence-electron chi connectivity index (χ1n) is 3.50. The SMILES string of the molecule is COc1ccc(C(Br)=C(F)F)cc1. The van der Waals surface area contributed by atoms with Gasteiger partial charge in [0.25, 0.3) is 6.08 Å². The molecule has 0 aliphatic rings. The van der Waals surface area contributed by atoms with Crippen molar-refractivity contribution in [2.24, 2.45) is 0 Å². The van der Waals surface area contributed by atoms with Crippen LogP contribution < -0.4 is 4.74 Å². The van der Waals surface area contributed by atoms with Crippen molar-refractivity contribution in [1.29, 1.82) is 0 Å². The molecule has 1 rings (SSSR count). The van der Waals surface area contributed by atoms with Gasteiger partial charge in [0.05, 0.1) is 11.6 Å². The summed E-state index contributed by atoms with van der Waals surface area (Å²) in [6.45, 7) is 0. The molecular weight excluding hydrogens is 242 g/mol. The first-order chi connectivity index (χ1) is 6.15. The number of hydrogen-bond donors (Lipinski definition) is 0. The van der Waals surface area contributed by atoms with Crippen molar-refractivity contribution >= 4 is 20.4 Å². The molecular formula is C9H7BrF2O. The molecule has 0 atom stereocenters. The van der Waals surface area contributed by atoms with E-state index >= 15 is 0 Å². The van der Waals surface area contributed by atoms with Gasteiger partial charge in [-0.05, 0) is 45.8 Å². The second kappa shape index (κ2) is 4.37. The average molecular weight is 249 g/mol. The number of benzene rings is 1. The summed E-state index contributed by atoms with van der Waals surface area (Å²) in [5.74, 6) is 0.642. The topological polar surface area (TPSA) is 9.23 Å². The van der Waals surface area contributed by atoms with Gasteiger partial charge in [-0.1, -0.05) is 0 Å². The van der Waals surface area contributed by atoms with E-state index in [1.807, 2.05) is 0 Å². The third-order valence-corrected chi connectivity index (χ3v) is 2.27. The first-order valence-corrected chi connectivity index (χ1v) is 4.29. The predicted molar refractivity (Wildman–Crippen MR) is 51.1 cm³/mol. The number of ether oxygens (including phenoxy) is 1. The Bertz CT molecular complexity index is 315. The Labute approximate surface area is 83.1 Å². The molecule has 0 amide bonds. The lowest BCUT2D eigenvalue weighted by Crippen LogP contribution is -1.83. The highest BCUT2D eigenvalue weighted by Crippen LogP contribution is 2.27. The smallest absolute Gasteiger partial charge is 0.284 e. The number of hydrogen-bond acceptors (Lipinski definition) is 1. The fourth-order valence-corrected chi connectivity index (χ4v) is 1.11. The molecule has 1 aromatic rings. The lowest BCUT2D eigenvalue weighted by atomic mass is 10.2. The summed E-state index contributed by atoms with van der Waals surface area (Å²) in [6, 6.07) is 6.36. The Morgan fingerprint density at radius 2 is 1.77 bits per heavy atom. The lowest BCUT2D eigenvalue weighted by molar-refractivity contribution is 0.414.